The van der Waals surface area contributed by atoms with Gasteiger partial charge in [-0.25, -0.2) is 0 Å². The van der Waals surface area contributed by atoms with Crippen LogP contribution in [-0.2, 0) is 0 Å². The van der Waals surface area contributed by atoms with Crippen LogP contribution in [0.4, 0.5) is 30.7 Å². The minimum atomic E-state index is -6.30. The molecule has 0 aromatic rings. The summed E-state index contributed by atoms with van der Waals surface area (Å²) in [5.74, 6) is -6.11. The zero-order valence-corrected chi connectivity index (χ0v) is 6.80. The van der Waals surface area contributed by atoms with E-state index >= 15 is 0 Å². The smallest absolute Gasteiger partial charge is 0.328 e. The third-order valence-electron chi connectivity index (χ3n) is 1.18. The van der Waals surface area contributed by atoms with E-state index in [4.69, 9.17) is 0 Å². The Morgan fingerprint density at radius 1 is 0.929 bits per heavy atom. The molecule has 14 heavy (non-hydrogen) atoms. The molecule has 0 saturated heterocycles. The molecule has 1 N–H and O–H groups in total. The SMILES string of the molecule is CC=CNC(F)(F)C(F)(F)C(F)(F)F. The number of allylic oxidation sites excluding steroid dienone is 1. The second kappa shape index (κ2) is 3.66. The first-order valence-electron chi connectivity index (χ1n) is 3.27. The molecular formula is C6H6F7N. The first kappa shape index (κ1) is 13.0. The van der Waals surface area contributed by atoms with Crippen molar-refractivity contribution in [2.45, 2.75) is 25.1 Å². The first-order valence-corrected chi connectivity index (χ1v) is 3.27. The van der Waals surface area contributed by atoms with E-state index in [9.17, 15) is 30.7 Å². The maximum atomic E-state index is 12.3. The van der Waals surface area contributed by atoms with Crippen LogP contribution in [0.15, 0.2) is 12.3 Å². The van der Waals surface area contributed by atoms with Gasteiger partial charge in [0.25, 0.3) is 0 Å². The Labute approximate surface area is 74.6 Å². The summed E-state index contributed by atoms with van der Waals surface area (Å²) in [5.41, 5.74) is 0. The van der Waals surface area contributed by atoms with Gasteiger partial charge >= 0.3 is 18.1 Å². The summed E-state index contributed by atoms with van der Waals surface area (Å²) in [5, 5.41) is 0.672. The van der Waals surface area contributed by atoms with Crippen molar-refractivity contribution in [1.82, 2.24) is 5.32 Å². The molecule has 0 radical (unpaired) electrons. The van der Waals surface area contributed by atoms with E-state index in [0.717, 1.165) is 6.08 Å². The van der Waals surface area contributed by atoms with Gasteiger partial charge in [0.15, 0.2) is 0 Å². The molecule has 0 aliphatic heterocycles. The molecule has 0 unspecified atom stereocenters. The van der Waals surface area contributed by atoms with E-state index in [1.807, 2.05) is 0 Å². The van der Waals surface area contributed by atoms with Crippen LogP contribution >= 0.6 is 0 Å². The zero-order chi connectivity index (χ0) is 11.6. The Kier molecular flexibility index (Phi) is 3.41. The molecule has 0 heterocycles. The first-order chi connectivity index (χ1) is 6.06. The fraction of sp³-hybridized carbons (Fsp3) is 0.667. The quantitative estimate of drug-likeness (QED) is 0.575. The molecule has 0 saturated carbocycles. The van der Waals surface area contributed by atoms with Crippen molar-refractivity contribution in [3.8, 4) is 0 Å². The molecule has 0 aromatic carbocycles. The molecule has 0 aliphatic carbocycles. The van der Waals surface area contributed by atoms with E-state index in [-0.39, 0.29) is 0 Å². The summed E-state index contributed by atoms with van der Waals surface area (Å²) in [7, 11) is 0. The van der Waals surface area contributed by atoms with Gasteiger partial charge in [0.05, 0.1) is 0 Å². The second-order valence-corrected chi connectivity index (χ2v) is 2.29. The van der Waals surface area contributed by atoms with Crippen molar-refractivity contribution in [2.24, 2.45) is 0 Å². The van der Waals surface area contributed by atoms with Gasteiger partial charge in [0, 0.05) is 0 Å². The molecule has 0 aromatic heterocycles. The second-order valence-electron chi connectivity index (χ2n) is 2.29. The third-order valence-corrected chi connectivity index (χ3v) is 1.18. The average molecular weight is 225 g/mol. The van der Waals surface area contributed by atoms with Crippen LogP contribution in [-0.4, -0.2) is 18.1 Å². The van der Waals surface area contributed by atoms with Gasteiger partial charge in [0.2, 0.25) is 0 Å². The number of alkyl halides is 7. The van der Waals surface area contributed by atoms with Crippen molar-refractivity contribution < 1.29 is 30.7 Å². The molecule has 0 atom stereocenters. The highest BCUT2D eigenvalue weighted by molar-refractivity contribution is 4.93. The number of hydrogen-bond donors (Lipinski definition) is 1. The predicted molar refractivity (Wildman–Crippen MR) is 33.9 cm³/mol. The van der Waals surface area contributed by atoms with E-state index < -0.39 is 18.1 Å². The van der Waals surface area contributed by atoms with E-state index in [2.05, 4.69) is 0 Å². The van der Waals surface area contributed by atoms with Crippen LogP contribution in [0.3, 0.4) is 0 Å². The highest BCUT2D eigenvalue weighted by Crippen LogP contribution is 2.44. The minimum absolute atomic E-state index is 0.305. The predicted octanol–water partition coefficient (Wildman–Crippen LogP) is 2.90. The molecule has 8 heteroatoms. The van der Waals surface area contributed by atoms with Crippen LogP contribution in [0, 0.1) is 0 Å². The Bertz CT molecular complexity index is 217. The van der Waals surface area contributed by atoms with Crippen LogP contribution in [0.1, 0.15) is 6.92 Å². The van der Waals surface area contributed by atoms with Gasteiger partial charge in [-0.3, -0.25) is 0 Å². The Balaban J connectivity index is 4.87. The van der Waals surface area contributed by atoms with Crippen LogP contribution in [0.25, 0.3) is 0 Å². The summed E-state index contributed by atoms with van der Waals surface area (Å²) >= 11 is 0. The number of nitrogens with one attached hydrogen (secondary N) is 1. The fourth-order valence-electron chi connectivity index (χ4n) is 0.457. The van der Waals surface area contributed by atoms with Crippen molar-refractivity contribution in [3.05, 3.63) is 12.3 Å². The van der Waals surface area contributed by atoms with Crippen molar-refractivity contribution in [1.29, 1.82) is 0 Å². The normalized spacial score (nSPS) is 14.9. The lowest BCUT2D eigenvalue weighted by atomic mass is 10.2. The van der Waals surface area contributed by atoms with Gasteiger partial charge in [0.1, 0.15) is 0 Å². The third kappa shape index (κ3) is 2.30. The van der Waals surface area contributed by atoms with E-state index in [1.165, 1.54) is 6.92 Å². The van der Waals surface area contributed by atoms with Gasteiger partial charge in [-0.1, -0.05) is 6.08 Å². The summed E-state index contributed by atoms with van der Waals surface area (Å²) in [6.45, 7) is 1.18. The van der Waals surface area contributed by atoms with E-state index in [1.54, 1.807) is 0 Å². The van der Waals surface area contributed by atoms with Crippen molar-refractivity contribution in [3.63, 3.8) is 0 Å². The van der Waals surface area contributed by atoms with Gasteiger partial charge in [-0.05, 0) is 13.1 Å². The van der Waals surface area contributed by atoms with Crippen molar-refractivity contribution in [2.75, 3.05) is 0 Å². The van der Waals surface area contributed by atoms with Crippen LogP contribution in [0.2, 0.25) is 0 Å². The van der Waals surface area contributed by atoms with E-state index in [0.29, 0.717) is 11.5 Å². The van der Waals surface area contributed by atoms with Gasteiger partial charge < -0.3 is 5.32 Å². The molecule has 0 aliphatic rings. The summed E-state index contributed by atoms with van der Waals surface area (Å²) in [4.78, 5) is 0. The molecule has 0 bridgehead atoms. The lowest BCUT2D eigenvalue weighted by molar-refractivity contribution is -0.359. The molecule has 84 valence electrons. The molecular weight excluding hydrogens is 219 g/mol. The lowest BCUT2D eigenvalue weighted by Crippen LogP contribution is -2.58. The monoisotopic (exact) mass is 225 g/mol. The largest absolute Gasteiger partial charge is 0.462 e. The standard InChI is InChI=1S/C6H6F7N/c1-2-3-14-6(12,13)4(7,8)5(9,10)11/h2-3,14H,1H3. The molecule has 0 spiro atoms. The summed E-state index contributed by atoms with van der Waals surface area (Å²) in [6.07, 6.45) is -5.13. The lowest BCUT2D eigenvalue weighted by Gasteiger charge is -2.27. The number of hydrogen-bond acceptors (Lipinski definition) is 1. The van der Waals surface area contributed by atoms with Gasteiger partial charge in [-0.15, -0.1) is 0 Å². The van der Waals surface area contributed by atoms with Crippen LogP contribution in [0.5, 0.6) is 0 Å². The average Bonchev–Trinajstić information content (AvgIpc) is 1.98. The fourth-order valence-corrected chi connectivity index (χ4v) is 0.457. The van der Waals surface area contributed by atoms with Crippen LogP contribution < -0.4 is 5.32 Å². The highest BCUT2D eigenvalue weighted by atomic mass is 19.4. The molecule has 1 nitrogen and oxygen atoms in total. The number of halogens is 7. The topological polar surface area (TPSA) is 12.0 Å². The molecule has 0 amide bonds. The van der Waals surface area contributed by atoms with Crippen molar-refractivity contribution >= 4 is 0 Å². The summed E-state index contributed by atoms with van der Waals surface area (Å²) in [6, 6.07) is -5.36. The van der Waals surface area contributed by atoms with Gasteiger partial charge in [-0.2, -0.15) is 30.7 Å². The maximum absolute atomic E-state index is 12.3. The Morgan fingerprint density at radius 2 is 1.36 bits per heavy atom. The molecule has 0 rings (SSSR count). The molecule has 0 fully saturated rings. The number of rotatable bonds is 3. The highest BCUT2D eigenvalue weighted by Gasteiger charge is 2.73. The Hall–Kier alpha value is -0.950. The summed E-state index contributed by atoms with van der Waals surface area (Å²) < 4.78 is 83.0. The maximum Gasteiger partial charge on any atom is 0.462 e. The minimum Gasteiger partial charge on any atom is -0.328 e. The Morgan fingerprint density at radius 3 is 1.64 bits per heavy atom. The zero-order valence-electron chi connectivity index (χ0n) is 6.80.